The summed E-state index contributed by atoms with van der Waals surface area (Å²) in [5.41, 5.74) is 3.63. The topological polar surface area (TPSA) is 60.7 Å². The van der Waals surface area contributed by atoms with Crippen molar-refractivity contribution in [3.63, 3.8) is 0 Å². The summed E-state index contributed by atoms with van der Waals surface area (Å²) < 4.78 is 0. The molecule has 0 radical (unpaired) electrons. The monoisotopic (exact) mass is 348 g/mol. The predicted octanol–water partition coefficient (Wildman–Crippen LogP) is 3.86. The molecule has 1 aromatic carbocycles. The zero-order chi connectivity index (χ0) is 15.6. The van der Waals surface area contributed by atoms with Gasteiger partial charge in [-0.25, -0.2) is 4.98 Å². The van der Waals surface area contributed by atoms with Crippen LogP contribution < -0.4 is 10.6 Å². The van der Waals surface area contributed by atoms with Crippen molar-refractivity contribution in [1.29, 1.82) is 5.26 Å². The molecule has 0 unspecified atom stereocenters. The Labute approximate surface area is 147 Å². The number of likely N-dealkylation sites (N-methyl/N-ethyl adjacent to an activating group) is 1. The van der Waals surface area contributed by atoms with Crippen LogP contribution in [0.1, 0.15) is 18.4 Å². The molecule has 1 fully saturated rings. The number of nitriles is 1. The van der Waals surface area contributed by atoms with E-state index in [1.54, 1.807) is 18.3 Å². The van der Waals surface area contributed by atoms with E-state index in [1.165, 1.54) is 12.8 Å². The Bertz CT molecular complexity index is 718. The first kappa shape index (κ1) is 17.6. The van der Waals surface area contributed by atoms with Gasteiger partial charge >= 0.3 is 0 Å². The molecule has 3 rings (SSSR count). The molecule has 1 aliphatic carbocycles. The Morgan fingerprint density at radius 2 is 2.00 bits per heavy atom. The Kier molecular flexibility index (Phi) is 5.48. The van der Waals surface area contributed by atoms with E-state index < -0.39 is 0 Å². The summed E-state index contributed by atoms with van der Waals surface area (Å²) in [6, 6.07) is 11.5. The molecule has 1 aliphatic rings. The molecule has 0 saturated heterocycles. The van der Waals surface area contributed by atoms with Crippen LogP contribution in [0.4, 0.5) is 5.69 Å². The average molecular weight is 349 g/mol. The zero-order valence-corrected chi connectivity index (χ0v) is 14.3. The number of halogens is 2. The van der Waals surface area contributed by atoms with Gasteiger partial charge in [0.15, 0.2) is 0 Å². The first-order valence-electron chi connectivity index (χ1n) is 7.25. The second-order valence-electron chi connectivity index (χ2n) is 5.64. The van der Waals surface area contributed by atoms with E-state index in [9.17, 15) is 0 Å². The van der Waals surface area contributed by atoms with Gasteiger partial charge in [-0.2, -0.15) is 5.26 Å². The van der Waals surface area contributed by atoms with E-state index in [1.807, 2.05) is 25.2 Å². The van der Waals surface area contributed by atoms with E-state index in [0.717, 1.165) is 23.4 Å². The number of nitrogens with one attached hydrogen (secondary N) is 2. The third kappa shape index (κ3) is 3.94. The lowest BCUT2D eigenvalue weighted by atomic mass is 10.1. The number of nitrogens with zero attached hydrogens (tertiary/aromatic N) is 2. The number of pyridine rings is 1. The molecule has 2 aromatic rings. The van der Waals surface area contributed by atoms with Crippen molar-refractivity contribution < 1.29 is 0 Å². The highest BCUT2D eigenvalue weighted by Gasteiger charge is 2.40. The molecular formula is C17H18Cl2N4. The van der Waals surface area contributed by atoms with E-state index in [-0.39, 0.29) is 17.9 Å². The molecule has 120 valence electrons. The minimum atomic E-state index is 0. The lowest BCUT2D eigenvalue weighted by Gasteiger charge is -2.16. The fourth-order valence-electron chi connectivity index (χ4n) is 2.41. The van der Waals surface area contributed by atoms with Gasteiger partial charge in [0.1, 0.15) is 5.15 Å². The van der Waals surface area contributed by atoms with Crippen LogP contribution in [0.2, 0.25) is 5.15 Å². The normalized spacial score (nSPS) is 14.5. The van der Waals surface area contributed by atoms with E-state index in [4.69, 9.17) is 16.9 Å². The summed E-state index contributed by atoms with van der Waals surface area (Å²) in [6.45, 7) is 0.875. The van der Waals surface area contributed by atoms with Gasteiger partial charge in [-0.3, -0.25) is 0 Å². The molecule has 6 heteroatoms. The summed E-state index contributed by atoms with van der Waals surface area (Å²) in [5.74, 6) is 0. The SMILES string of the molecule is CNC1(CNc2cnc(Cl)c(-c3ccc(C#N)cc3)c2)CC1.Cl. The highest BCUT2D eigenvalue weighted by Crippen LogP contribution is 2.35. The number of hydrogen-bond donors (Lipinski definition) is 2. The molecule has 1 heterocycles. The maximum atomic E-state index is 8.87. The third-order valence-electron chi connectivity index (χ3n) is 4.18. The molecule has 4 nitrogen and oxygen atoms in total. The largest absolute Gasteiger partial charge is 0.382 e. The lowest BCUT2D eigenvalue weighted by Crippen LogP contribution is -2.34. The zero-order valence-electron chi connectivity index (χ0n) is 12.8. The fraction of sp³-hybridized carbons (Fsp3) is 0.294. The molecular weight excluding hydrogens is 331 g/mol. The summed E-state index contributed by atoms with van der Waals surface area (Å²) in [4.78, 5) is 4.26. The third-order valence-corrected chi connectivity index (χ3v) is 4.48. The Morgan fingerprint density at radius 1 is 1.30 bits per heavy atom. The molecule has 23 heavy (non-hydrogen) atoms. The van der Waals surface area contributed by atoms with Crippen molar-refractivity contribution in [3.8, 4) is 17.2 Å². The van der Waals surface area contributed by atoms with Crippen molar-refractivity contribution in [2.45, 2.75) is 18.4 Å². The van der Waals surface area contributed by atoms with E-state index in [0.29, 0.717) is 10.7 Å². The van der Waals surface area contributed by atoms with Crippen molar-refractivity contribution in [2.75, 3.05) is 18.9 Å². The molecule has 1 saturated carbocycles. The highest BCUT2D eigenvalue weighted by atomic mass is 35.5. The van der Waals surface area contributed by atoms with E-state index >= 15 is 0 Å². The van der Waals surface area contributed by atoms with Crippen LogP contribution in [0.5, 0.6) is 0 Å². The maximum Gasteiger partial charge on any atom is 0.136 e. The fourth-order valence-corrected chi connectivity index (χ4v) is 2.62. The average Bonchev–Trinajstić information content (AvgIpc) is 3.35. The van der Waals surface area contributed by atoms with Gasteiger partial charge in [0.25, 0.3) is 0 Å². The Hall–Kier alpha value is -1.80. The van der Waals surface area contributed by atoms with Crippen molar-refractivity contribution >= 4 is 29.7 Å². The van der Waals surface area contributed by atoms with Crippen molar-refractivity contribution in [3.05, 3.63) is 47.2 Å². The van der Waals surface area contributed by atoms with Crippen molar-refractivity contribution in [2.24, 2.45) is 0 Å². The van der Waals surface area contributed by atoms with Crippen LogP contribution in [0.3, 0.4) is 0 Å². The lowest BCUT2D eigenvalue weighted by molar-refractivity contribution is 0.578. The van der Waals surface area contributed by atoms with Gasteiger partial charge in [-0.05, 0) is 43.7 Å². The molecule has 2 N–H and O–H groups in total. The van der Waals surface area contributed by atoms with Gasteiger partial charge in [0.05, 0.1) is 23.5 Å². The van der Waals surface area contributed by atoms with Gasteiger partial charge in [-0.1, -0.05) is 23.7 Å². The first-order chi connectivity index (χ1) is 10.7. The molecule has 0 bridgehead atoms. The van der Waals surface area contributed by atoms with Crippen LogP contribution in [-0.4, -0.2) is 24.1 Å². The van der Waals surface area contributed by atoms with Gasteiger partial charge in [0, 0.05) is 17.6 Å². The van der Waals surface area contributed by atoms with Crippen LogP contribution in [0.15, 0.2) is 36.5 Å². The second-order valence-corrected chi connectivity index (χ2v) is 5.99. The summed E-state index contributed by atoms with van der Waals surface area (Å²) in [6.07, 6.45) is 4.14. The summed E-state index contributed by atoms with van der Waals surface area (Å²) in [7, 11) is 2.00. The van der Waals surface area contributed by atoms with Crippen molar-refractivity contribution in [1.82, 2.24) is 10.3 Å². The standard InChI is InChI=1S/C17H17ClN4.ClH/c1-20-17(6-7-17)11-22-14-8-15(16(18)21-10-14)13-4-2-12(9-19)3-5-13;/h2-5,8,10,20,22H,6-7,11H2,1H3;1H. The first-order valence-corrected chi connectivity index (χ1v) is 7.62. The number of hydrogen-bond acceptors (Lipinski definition) is 4. The number of anilines is 1. The summed E-state index contributed by atoms with van der Waals surface area (Å²) >= 11 is 6.22. The van der Waals surface area contributed by atoms with Gasteiger partial charge < -0.3 is 10.6 Å². The van der Waals surface area contributed by atoms with Crippen LogP contribution in [0.25, 0.3) is 11.1 Å². The number of benzene rings is 1. The van der Waals surface area contributed by atoms with Crippen LogP contribution >= 0.6 is 24.0 Å². The Morgan fingerprint density at radius 3 is 2.57 bits per heavy atom. The van der Waals surface area contributed by atoms with E-state index in [2.05, 4.69) is 21.7 Å². The maximum absolute atomic E-state index is 8.87. The smallest absolute Gasteiger partial charge is 0.136 e. The highest BCUT2D eigenvalue weighted by molar-refractivity contribution is 6.32. The molecule has 0 aliphatic heterocycles. The molecule has 1 aromatic heterocycles. The minimum absolute atomic E-state index is 0. The number of aromatic nitrogens is 1. The molecule has 0 spiro atoms. The number of rotatable bonds is 5. The van der Waals surface area contributed by atoms with Crippen LogP contribution in [-0.2, 0) is 0 Å². The Balaban J connectivity index is 0.00000192. The summed E-state index contributed by atoms with van der Waals surface area (Å²) in [5, 5.41) is 16.1. The molecule has 0 amide bonds. The molecule has 0 atom stereocenters. The minimum Gasteiger partial charge on any atom is -0.382 e. The predicted molar refractivity (Wildman–Crippen MR) is 96.2 cm³/mol. The van der Waals surface area contributed by atoms with Gasteiger partial charge in [-0.15, -0.1) is 12.4 Å². The quantitative estimate of drug-likeness (QED) is 0.805. The van der Waals surface area contributed by atoms with Crippen LogP contribution in [0, 0.1) is 11.3 Å². The second kappa shape index (κ2) is 7.18. The van der Waals surface area contributed by atoms with Gasteiger partial charge in [0.2, 0.25) is 0 Å².